The molecule has 0 spiro atoms. The Morgan fingerprint density at radius 3 is 2.47 bits per heavy atom. The van der Waals surface area contributed by atoms with Gasteiger partial charge in [-0.25, -0.2) is 9.97 Å². The van der Waals surface area contributed by atoms with E-state index in [1.165, 1.54) is 16.8 Å². The Hall–Kier alpha value is -2.10. The molecule has 2 N–H and O–H groups in total. The van der Waals surface area contributed by atoms with E-state index in [-0.39, 0.29) is 0 Å². The highest BCUT2D eigenvalue weighted by atomic mass is 15.1. The largest absolute Gasteiger partial charge is 0.384 e. The second-order valence-electron chi connectivity index (χ2n) is 5.00. The fraction of sp³-hybridized carbons (Fsp3) is 0.333. The molecule has 0 saturated carbocycles. The monoisotopic (exact) mass is 256 g/mol. The third kappa shape index (κ3) is 3.22. The van der Waals surface area contributed by atoms with Gasteiger partial charge >= 0.3 is 0 Å². The molecule has 1 aromatic heterocycles. The Kier molecular flexibility index (Phi) is 3.69. The van der Waals surface area contributed by atoms with E-state index < -0.39 is 0 Å². The van der Waals surface area contributed by atoms with Gasteiger partial charge in [0.15, 0.2) is 0 Å². The first-order valence-electron chi connectivity index (χ1n) is 6.34. The Bertz CT molecular complexity index is 572. The highest BCUT2D eigenvalue weighted by molar-refractivity contribution is 5.53. The molecule has 0 aliphatic carbocycles. The fourth-order valence-corrected chi connectivity index (χ4v) is 2.26. The lowest BCUT2D eigenvalue weighted by Crippen LogP contribution is -2.19. The number of nitrogen functional groups attached to an aromatic ring is 1. The molecular weight excluding hydrogens is 236 g/mol. The predicted molar refractivity (Wildman–Crippen MR) is 79.2 cm³/mol. The van der Waals surface area contributed by atoms with Crippen molar-refractivity contribution in [2.75, 3.05) is 17.7 Å². The summed E-state index contributed by atoms with van der Waals surface area (Å²) in [4.78, 5) is 10.8. The summed E-state index contributed by atoms with van der Waals surface area (Å²) in [6.07, 6.45) is 0. The lowest BCUT2D eigenvalue weighted by molar-refractivity contribution is 0.828. The number of nitrogens with zero attached hydrogens (tertiary/aromatic N) is 3. The minimum atomic E-state index is 0.525. The van der Waals surface area contributed by atoms with Crippen LogP contribution in [0.15, 0.2) is 24.3 Å². The molecule has 0 radical (unpaired) electrons. The van der Waals surface area contributed by atoms with Gasteiger partial charge in [-0.05, 0) is 32.4 Å². The summed E-state index contributed by atoms with van der Waals surface area (Å²) < 4.78 is 0. The van der Waals surface area contributed by atoms with Gasteiger partial charge in [-0.15, -0.1) is 0 Å². The number of aromatic nitrogens is 2. The summed E-state index contributed by atoms with van der Waals surface area (Å²) in [7, 11) is 2.04. The van der Waals surface area contributed by atoms with Crippen LogP contribution in [0.2, 0.25) is 0 Å². The van der Waals surface area contributed by atoms with E-state index in [0.717, 1.165) is 11.5 Å². The maximum absolute atomic E-state index is 5.75. The van der Waals surface area contributed by atoms with Gasteiger partial charge in [0.05, 0.1) is 6.54 Å². The fourth-order valence-electron chi connectivity index (χ4n) is 2.26. The molecule has 1 aromatic carbocycles. The van der Waals surface area contributed by atoms with Crippen molar-refractivity contribution in [2.24, 2.45) is 0 Å². The van der Waals surface area contributed by atoms with Gasteiger partial charge in [0, 0.05) is 24.5 Å². The lowest BCUT2D eigenvalue weighted by atomic mass is 10.1. The van der Waals surface area contributed by atoms with Gasteiger partial charge in [0.2, 0.25) is 0 Å². The molecule has 0 aliphatic heterocycles. The van der Waals surface area contributed by atoms with Crippen LogP contribution in [0, 0.1) is 20.8 Å². The van der Waals surface area contributed by atoms with Gasteiger partial charge in [-0.1, -0.05) is 17.7 Å². The summed E-state index contributed by atoms with van der Waals surface area (Å²) in [5, 5.41) is 0. The molecule has 2 aromatic rings. The number of nitrogens with two attached hydrogens (primary N) is 1. The van der Waals surface area contributed by atoms with Gasteiger partial charge in [0.25, 0.3) is 0 Å². The molecule has 0 fully saturated rings. The molecule has 4 nitrogen and oxygen atoms in total. The van der Waals surface area contributed by atoms with Crippen molar-refractivity contribution in [3.63, 3.8) is 0 Å². The van der Waals surface area contributed by atoms with Crippen molar-refractivity contribution in [3.8, 4) is 0 Å². The number of benzene rings is 1. The number of rotatable bonds is 3. The second kappa shape index (κ2) is 5.26. The molecule has 0 amide bonds. The molecule has 19 heavy (non-hydrogen) atoms. The lowest BCUT2D eigenvalue weighted by Gasteiger charge is -2.21. The zero-order valence-electron chi connectivity index (χ0n) is 11.9. The zero-order chi connectivity index (χ0) is 14.0. The average Bonchev–Trinajstić information content (AvgIpc) is 2.26. The van der Waals surface area contributed by atoms with Crippen molar-refractivity contribution < 1.29 is 0 Å². The van der Waals surface area contributed by atoms with Crippen LogP contribution in [0.25, 0.3) is 0 Å². The van der Waals surface area contributed by atoms with Crippen molar-refractivity contribution in [1.29, 1.82) is 0 Å². The molecule has 4 heteroatoms. The molecule has 0 atom stereocenters. The summed E-state index contributed by atoms with van der Waals surface area (Å²) in [5.74, 6) is 1.27. The molecule has 100 valence electrons. The third-order valence-electron chi connectivity index (χ3n) is 3.06. The van der Waals surface area contributed by atoms with Crippen molar-refractivity contribution in [2.45, 2.75) is 27.3 Å². The van der Waals surface area contributed by atoms with E-state index in [2.05, 4.69) is 46.9 Å². The smallest absolute Gasteiger partial charge is 0.150 e. The predicted octanol–water partition coefficient (Wildman–Crippen LogP) is 2.62. The summed E-state index contributed by atoms with van der Waals surface area (Å²) >= 11 is 0. The maximum Gasteiger partial charge on any atom is 0.150 e. The van der Waals surface area contributed by atoms with E-state index in [9.17, 15) is 0 Å². The SMILES string of the molecule is Cc1ccc(N(C)Cc2nc(C)cc(N)n2)c(C)c1. The number of aryl methyl sites for hydroxylation is 3. The highest BCUT2D eigenvalue weighted by Crippen LogP contribution is 2.21. The first-order valence-corrected chi connectivity index (χ1v) is 6.34. The molecular formula is C15H20N4. The number of hydrogen-bond acceptors (Lipinski definition) is 4. The molecule has 0 aliphatic rings. The summed E-state index contributed by atoms with van der Waals surface area (Å²) in [6, 6.07) is 8.20. The Labute approximate surface area is 114 Å². The number of hydrogen-bond donors (Lipinski definition) is 1. The number of anilines is 2. The van der Waals surface area contributed by atoms with E-state index in [0.29, 0.717) is 12.4 Å². The molecule has 0 unspecified atom stereocenters. The van der Waals surface area contributed by atoms with Crippen molar-refractivity contribution >= 4 is 11.5 Å². The average molecular weight is 256 g/mol. The topological polar surface area (TPSA) is 55.0 Å². The van der Waals surface area contributed by atoms with Crippen LogP contribution in [0.4, 0.5) is 11.5 Å². The van der Waals surface area contributed by atoms with E-state index in [1.807, 2.05) is 14.0 Å². The van der Waals surface area contributed by atoms with Crippen LogP contribution >= 0.6 is 0 Å². The Morgan fingerprint density at radius 1 is 1.11 bits per heavy atom. The molecule has 0 bridgehead atoms. The minimum absolute atomic E-state index is 0.525. The summed E-state index contributed by atoms with van der Waals surface area (Å²) in [5.41, 5.74) is 10.4. The van der Waals surface area contributed by atoms with Gasteiger partial charge in [-0.3, -0.25) is 0 Å². The Balaban J connectivity index is 2.22. The standard InChI is InChI=1S/C15H20N4/c1-10-5-6-13(11(2)7-10)19(4)9-15-17-12(3)8-14(16)18-15/h5-8H,9H2,1-4H3,(H2,16,17,18). The normalized spacial score (nSPS) is 10.5. The van der Waals surface area contributed by atoms with Crippen LogP contribution in [-0.4, -0.2) is 17.0 Å². The van der Waals surface area contributed by atoms with E-state index in [1.54, 1.807) is 6.07 Å². The second-order valence-corrected chi connectivity index (χ2v) is 5.00. The van der Waals surface area contributed by atoms with E-state index >= 15 is 0 Å². The first kappa shape index (κ1) is 13.3. The third-order valence-corrected chi connectivity index (χ3v) is 3.06. The van der Waals surface area contributed by atoms with Crippen LogP contribution in [-0.2, 0) is 6.54 Å². The zero-order valence-corrected chi connectivity index (χ0v) is 11.9. The van der Waals surface area contributed by atoms with Crippen LogP contribution in [0.3, 0.4) is 0 Å². The van der Waals surface area contributed by atoms with Gasteiger partial charge in [0.1, 0.15) is 11.6 Å². The van der Waals surface area contributed by atoms with Crippen molar-refractivity contribution in [3.05, 3.63) is 46.9 Å². The summed E-state index contributed by atoms with van der Waals surface area (Å²) in [6.45, 7) is 6.79. The first-order chi connectivity index (χ1) is 8.95. The molecule has 2 rings (SSSR count). The van der Waals surface area contributed by atoms with Crippen LogP contribution < -0.4 is 10.6 Å². The highest BCUT2D eigenvalue weighted by Gasteiger charge is 2.08. The van der Waals surface area contributed by atoms with Crippen LogP contribution in [0.5, 0.6) is 0 Å². The van der Waals surface area contributed by atoms with E-state index in [4.69, 9.17) is 5.73 Å². The molecule has 1 heterocycles. The minimum Gasteiger partial charge on any atom is -0.384 e. The van der Waals surface area contributed by atoms with Crippen molar-refractivity contribution in [1.82, 2.24) is 9.97 Å². The quantitative estimate of drug-likeness (QED) is 0.917. The Morgan fingerprint density at radius 2 is 1.84 bits per heavy atom. The van der Waals surface area contributed by atoms with Gasteiger partial charge < -0.3 is 10.6 Å². The maximum atomic E-state index is 5.75. The van der Waals surface area contributed by atoms with Crippen LogP contribution in [0.1, 0.15) is 22.6 Å². The van der Waals surface area contributed by atoms with Gasteiger partial charge in [-0.2, -0.15) is 0 Å². The molecule has 0 saturated heterocycles.